The second-order valence-electron chi connectivity index (χ2n) is 4.94. The standard InChI is InChI=1S/C13H22N2O2S/c1-11(2)13-8-6-12(7-9-13)10-15(5)18(16,17)14(3)4/h6-9,11H,10H2,1-5H3. The van der Waals surface area contributed by atoms with E-state index in [1.165, 1.54) is 28.3 Å². The third-order valence-electron chi connectivity index (χ3n) is 2.91. The molecule has 0 heterocycles. The van der Waals surface area contributed by atoms with Crippen LogP contribution in [0.2, 0.25) is 0 Å². The maximum atomic E-state index is 11.9. The maximum Gasteiger partial charge on any atom is 0.281 e. The van der Waals surface area contributed by atoms with Crippen LogP contribution in [0, 0.1) is 0 Å². The molecule has 18 heavy (non-hydrogen) atoms. The van der Waals surface area contributed by atoms with E-state index < -0.39 is 10.2 Å². The van der Waals surface area contributed by atoms with E-state index in [-0.39, 0.29) is 0 Å². The van der Waals surface area contributed by atoms with Crippen molar-refractivity contribution >= 4 is 10.2 Å². The van der Waals surface area contributed by atoms with Crippen LogP contribution in [0.25, 0.3) is 0 Å². The Morgan fingerprint density at radius 1 is 1.06 bits per heavy atom. The summed E-state index contributed by atoms with van der Waals surface area (Å²) in [5, 5.41) is 0. The zero-order chi connectivity index (χ0) is 13.9. The van der Waals surface area contributed by atoms with Gasteiger partial charge in [-0.15, -0.1) is 0 Å². The van der Waals surface area contributed by atoms with Crippen molar-refractivity contribution in [3.8, 4) is 0 Å². The largest absolute Gasteiger partial charge is 0.281 e. The second kappa shape index (κ2) is 5.82. The van der Waals surface area contributed by atoms with Gasteiger partial charge >= 0.3 is 0 Å². The molecule has 1 aromatic carbocycles. The van der Waals surface area contributed by atoms with Gasteiger partial charge in [0.2, 0.25) is 0 Å². The van der Waals surface area contributed by atoms with Gasteiger partial charge < -0.3 is 0 Å². The van der Waals surface area contributed by atoms with Crippen molar-refractivity contribution in [3.05, 3.63) is 35.4 Å². The van der Waals surface area contributed by atoms with E-state index in [0.717, 1.165) is 5.56 Å². The van der Waals surface area contributed by atoms with E-state index in [1.807, 2.05) is 12.1 Å². The Hall–Kier alpha value is -0.910. The molecular weight excluding hydrogens is 248 g/mol. The van der Waals surface area contributed by atoms with Gasteiger partial charge in [0.15, 0.2) is 0 Å². The summed E-state index contributed by atoms with van der Waals surface area (Å²) >= 11 is 0. The molecule has 0 aliphatic carbocycles. The predicted octanol–water partition coefficient (Wildman–Crippen LogP) is 2.05. The Morgan fingerprint density at radius 3 is 1.94 bits per heavy atom. The zero-order valence-corrected chi connectivity index (χ0v) is 12.5. The molecule has 1 aromatic rings. The van der Waals surface area contributed by atoms with Gasteiger partial charge in [0, 0.05) is 27.7 Å². The molecule has 0 aromatic heterocycles. The fourth-order valence-corrected chi connectivity index (χ4v) is 2.50. The molecule has 4 nitrogen and oxygen atoms in total. The highest BCUT2D eigenvalue weighted by atomic mass is 32.2. The molecule has 0 aliphatic heterocycles. The molecule has 0 aliphatic rings. The fraction of sp³-hybridized carbons (Fsp3) is 0.538. The molecule has 0 unspecified atom stereocenters. The van der Waals surface area contributed by atoms with E-state index in [9.17, 15) is 8.42 Å². The van der Waals surface area contributed by atoms with Crippen LogP contribution in [0.15, 0.2) is 24.3 Å². The lowest BCUT2D eigenvalue weighted by Crippen LogP contribution is -2.36. The first-order valence-electron chi connectivity index (χ1n) is 5.97. The summed E-state index contributed by atoms with van der Waals surface area (Å²) in [6.07, 6.45) is 0. The first-order valence-corrected chi connectivity index (χ1v) is 7.37. The average molecular weight is 270 g/mol. The van der Waals surface area contributed by atoms with Crippen molar-refractivity contribution in [1.29, 1.82) is 0 Å². The van der Waals surface area contributed by atoms with Gasteiger partial charge in [-0.25, -0.2) is 0 Å². The van der Waals surface area contributed by atoms with Gasteiger partial charge in [-0.3, -0.25) is 0 Å². The van der Waals surface area contributed by atoms with Gasteiger partial charge in [-0.05, 0) is 17.0 Å². The van der Waals surface area contributed by atoms with E-state index >= 15 is 0 Å². The maximum absolute atomic E-state index is 11.9. The highest BCUT2D eigenvalue weighted by molar-refractivity contribution is 7.86. The predicted molar refractivity (Wildman–Crippen MR) is 74.6 cm³/mol. The Labute approximate surface area is 110 Å². The number of hydrogen-bond acceptors (Lipinski definition) is 2. The Morgan fingerprint density at radius 2 is 1.56 bits per heavy atom. The second-order valence-corrected chi connectivity index (χ2v) is 7.19. The van der Waals surface area contributed by atoms with E-state index in [4.69, 9.17) is 0 Å². The van der Waals surface area contributed by atoms with Crippen molar-refractivity contribution in [2.75, 3.05) is 21.1 Å². The summed E-state index contributed by atoms with van der Waals surface area (Å²) in [5.41, 5.74) is 2.25. The summed E-state index contributed by atoms with van der Waals surface area (Å²) in [5.74, 6) is 0.488. The van der Waals surface area contributed by atoms with Crippen molar-refractivity contribution < 1.29 is 8.42 Å². The molecular formula is C13H22N2O2S. The van der Waals surface area contributed by atoms with Crippen LogP contribution in [0.5, 0.6) is 0 Å². The molecule has 0 saturated heterocycles. The molecule has 0 atom stereocenters. The highest BCUT2D eigenvalue weighted by Gasteiger charge is 2.20. The van der Waals surface area contributed by atoms with Crippen LogP contribution in [0.4, 0.5) is 0 Å². The summed E-state index contributed by atoms with van der Waals surface area (Å²) in [7, 11) is 1.32. The van der Waals surface area contributed by atoms with Crippen LogP contribution < -0.4 is 0 Å². The van der Waals surface area contributed by atoms with Crippen molar-refractivity contribution in [2.45, 2.75) is 26.3 Å². The smallest absolute Gasteiger partial charge is 0.195 e. The van der Waals surface area contributed by atoms with Crippen LogP contribution in [-0.4, -0.2) is 38.2 Å². The van der Waals surface area contributed by atoms with Gasteiger partial charge in [0.05, 0.1) is 0 Å². The number of hydrogen-bond donors (Lipinski definition) is 0. The Balaban J connectivity index is 2.80. The summed E-state index contributed by atoms with van der Waals surface area (Å²) < 4.78 is 26.3. The normalized spacial score (nSPS) is 12.7. The summed E-state index contributed by atoms with van der Waals surface area (Å²) in [6, 6.07) is 8.07. The van der Waals surface area contributed by atoms with Crippen molar-refractivity contribution in [2.24, 2.45) is 0 Å². The molecule has 0 saturated carbocycles. The van der Waals surface area contributed by atoms with E-state index in [2.05, 4.69) is 26.0 Å². The van der Waals surface area contributed by atoms with Gasteiger partial charge in [0.25, 0.3) is 10.2 Å². The molecule has 0 radical (unpaired) electrons. The Kier molecular flexibility index (Phi) is 4.90. The third-order valence-corrected chi connectivity index (χ3v) is 4.75. The monoisotopic (exact) mass is 270 g/mol. The minimum absolute atomic E-state index is 0.388. The number of rotatable bonds is 5. The third kappa shape index (κ3) is 3.54. The molecule has 102 valence electrons. The number of benzene rings is 1. The lowest BCUT2D eigenvalue weighted by Gasteiger charge is -2.21. The van der Waals surface area contributed by atoms with Crippen LogP contribution in [-0.2, 0) is 16.8 Å². The summed E-state index contributed by atoms with van der Waals surface area (Å²) in [6.45, 7) is 4.66. The lowest BCUT2D eigenvalue weighted by molar-refractivity contribution is 0.414. The van der Waals surface area contributed by atoms with Crippen molar-refractivity contribution in [3.63, 3.8) is 0 Å². The molecule has 5 heteroatoms. The first-order chi connectivity index (χ1) is 8.25. The SMILES string of the molecule is CC(C)c1ccc(CN(C)S(=O)(=O)N(C)C)cc1. The van der Waals surface area contributed by atoms with Crippen molar-refractivity contribution in [1.82, 2.24) is 8.61 Å². The molecule has 0 fully saturated rings. The molecule has 0 bridgehead atoms. The fourth-order valence-electron chi connectivity index (χ4n) is 1.63. The molecule has 1 rings (SSSR count). The van der Waals surface area contributed by atoms with E-state index in [1.54, 1.807) is 7.05 Å². The number of nitrogens with zero attached hydrogens (tertiary/aromatic N) is 2. The quantitative estimate of drug-likeness (QED) is 0.821. The minimum Gasteiger partial charge on any atom is -0.195 e. The lowest BCUT2D eigenvalue weighted by atomic mass is 10.0. The minimum atomic E-state index is -3.33. The molecule has 0 N–H and O–H groups in total. The zero-order valence-electron chi connectivity index (χ0n) is 11.7. The molecule has 0 spiro atoms. The summed E-state index contributed by atoms with van der Waals surface area (Å²) in [4.78, 5) is 0. The van der Waals surface area contributed by atoms with Gasteiger partial charge in [-0.2, -0.15) is 17.0 Å². The van der Waals surface area contributed by atoms with Crippen LogP contribution in [0.3, 0.4) is 0 Å². The highest BCUT2D eigenvalue weighted by Crippen LogP contribution is 2.16. The van der Waals surface area contributed by atoms with Gasteiger partial charge in [-0.1, -0.05) is 38.1 Å². The topological polar surface area (TPSA) is 40.6 Å². The Bertz CT molecular complexity index is 478. The van der Waals surface area contributed by atoms with Crippen LogP contribution in [0.1, 0.15) is 30.9 Å². The van der Waals surface area contributed by atoms with E-state index in [0.29, 0.717) is 12.5 Å². The van der Waals surface area contributed by atoms with Gasteiger partial charge in [0.1, 0.15) is 0 Å². The van der Waals surface area contributed by atoms with Crippen LogP contribution >= 0.6 is 0 Å². The first kappa shape index (κ1) is 15.1. The molecule has 0 amide bonds. The average Bonchev–Trinajstić information content (AvgIpc) is 2.29.